The number of carbonyl (C=O) groups excluding carboxylic acids is 1. The Kier molecular flexibility index (Phi) is 6.56. The maximum atomic E-state index is 12.3. The zero-order chi connectivity index (χ0) is 14.7. The van der Waals surface area contributed by atoms with Gasteiger partial charge in [0, 0.05) is 18.3 Å². The van der Waals surface area contributed by atoms with Crippen LogP contribution in [-0.4, -0.2) is 43.5 Å². The highest BCUT2D eigenvalue weighted by Crippen LogP contribution is 2.35. The molecule has 1 saturated heterocycles. The van der Waals surface area contributed by atoms with Crippen LogP contribution in [0.15, 0.2) is 24.3 Å². The molecule has 2 heterocycles. The Morgan fingerprint density at radius 3 is 3.09 bits per heavy atom. The Hall–Kier alpha value is -0.750. The largest absolute Gasteiger partial charge is 0.375 e. The van der Waals surface area contributed by atoms with Crippen molar-refractivity contribution in [3.63, 3.8) is 0 Å². The highest BCUT2D eigenvalue weighted by molar-refractivity contribution is 7.99. The third-order valence-electron chi connectivity index (χ3n) is 4.15. The zero-order valence-electron chi connectivity index (χ0n) is 12.7. The molecule has 1 unspecified atom stereocenters. The Bertz CT molecular complexity index is 515. The van der Waals surface area contributed by atoms with Crippen molar-refractivity contribution in [1.82, 2.24) is 10.6 Å². The Balaban J connectivity index is 0.00000176. The minimum absolute atomic E-state index is 0. The number of hydrogen-bond acceptors (Lipinski definition) is 4. The van der Waals surface area contributed by atoms with E-state index in [1.807, 2.05) is 18.7 Å². The molecule has 1 aromatic carbocycles. The maximum Gasteiger partial charge on any atom is 0.239 e. The number of aryl methyl sites for hydroxylation is 1. The van der Waals surface area contributed by atoms with Crippen LogP contribution in [0.3, 0.4) is 0 Å². The molecule has 122 valence electrons. The average Bonchev–Trinajstić information content (AvgIpc) is 2.53. The van der Waals surface area contributed by atoms with Crippen molar-refractivity contribution in [3.05, 3.63) is 35.4 Å². The van der Waals surface area contributed by atoms with Crippen molar-refractivity contribution in [2.75, 3.05) is 25.4 Å². The lowest BCUT2D eigenvalue weighted by molar-refractivity contribution is -0.128. The van der Waals surface area contributed by atoms with E-state index in [2.05, 4.69) is 34.9 Å². The lowest BCUT2D eigenvalue weighted by atomic mass is 10.0. The number of rotatable bonds is 3. The fraction of sp³-hybridized carbons (Fsp3) is 0.562. The lowest BCUT2D eigenvalue weighted by Crippen LogP contribution is -2.55. The number of thioether (sulfide) groups is 1. The predicted octanol–water partition coefficient (Wildman–Crippen LogP) is 1.93. The minimum atomic E-state index is -0.234. The molecule has 22 heavy (non-hydrogen) atoms. The molecule has 0 spiro atoms. The van der Waals surface area contributed by atoms with E-state index in [9.17, 15) is 4.79 Å². The van der Waals surface area contributed by atoms with Crippen LogP contribution < -0.4 is 10.6 Å². The summed E-state index contributed by atoms with van der Waals surface area (Å²) in [7, 11) is 0. The van der Waals surface area contributed by atoms with Crippen molar-refractivity contribution in [2.45, 2.75) is 30.7 Å². The molecule has 1 aromatic rings. The molecular weight excluding hydrogens is 320 g/mol. The van der Waals surface area contributed by atoms with Crippen molar-refractivity contribution in [2.24, 2.45) is 0 Å². The zero-order valence-corrected chi connectivity index (χ0v) is 14.3. The first-order valence-corrected chi connectivity index (χ1v) is 8.62. The van der Waals surface area contributed by atoms with Gasteiger partial charge in [-0.2, -0.15) is 11.8 Å². The second-order valence-electron chi connectivity index (χ2n) is 5.56. The third kappa shape index (κ3) is 3.96. The fourth-order valence-corrected chi connectivity index (χ4v) is 4.21. The van der Waals surface area contributed by atoms with Crippen LogP contribution >= 0.6 is 24.2 Å². The maximum absolute atomic E-state index is 12.3. The van der Waals surface area contributed by atoms with Crippen molar-refractivity contribution < 1.29 is 9.53 Å². The van der Waals surface area contributed by atoms with Gasteiger partial charge in [0.25, 0.3) is 0 Å². The molecule has 2 aliphatic heterocycles. The lowest BCUT2D eigenvalue weighted by Gasteiger charge is -2.30. The average molecular weight is 343 g/mol. The van der Waals surface area contributed by atoms with Gasteiger partial charge in [0.05, 0.1) is 12.7 Å². The molecule has 2 N–H and O–H groups in total. The van der Waals surface area contributed by atoms with Crippen LogP contribution in [0.2, 0.25) is 0 Å². The molecule has 6 heteroatoms. The van der Waals surface area contributed by atoms with Crippen molar-refractivity contribution in [3.8, 4) is 0 Å². The van der Waals surface area contributed by atoms with E-state index in [1.165, 1.54) is 11.1 Å². The number of nitrogens with one attached hydrogen (secondary N) is 2. The summed E-state index contributed by atoms with van der Waals surface area (Å²) in [6.45, 7) is 4.05. The van der Waals surface area contributed by atoms with Crippen LogP contribution in [-0.2, 0) is 16.0 Å². The van der Waals surface area contributed by atoms with Gasteiger partial charge in [-0.25, -0.2) is 0 Å². The van der Waals surface area contributed by atoms with Gasteiger partial charge >= 0.3 is 0 Å². The normalized spacial score (nSPS) is 27.4. The SMILES string of the molecule is C[C@H]1OCCN[C@@H]1C(=O)NCC1SCCc2ccccc21.Cl. The number of fused-ring (bicyclic) bond motifs is 1. The summed E-state index contributed by atoms with van der Waals surface area (Å²) in [6, 6.07) is 8.32. The second-order valence-corrected chi connectivity index (χ2v) is 6.87. The van der Waals surface area contributed by atoms with Gasteiger partial charge in [-0.15, -0.1) is 12.4 Å². The number of ether oxygens (including phenoxy) is 1. The number of morpholine rings is 1. The quantitative estimate of drug-likeness (QED) is 0.881. The molecular formula is C16H23ClN2O2S. The molecule has 0 aromatic heterocycles. The molecule has 2 aliphatic rings. The highest BCUT2D eigenvalue weighted by Gasteiger charge is 2.29. The molecule has 3 rings (SSSR count). The van der Waals surface area contributed by atoms with E-state index in [0.29, 0.717) is 18.4 Å². The Labute approximate surface area is 142 Å². The Morgan fingerprint density at radius 2 is 2.27 bits per heavy atom. The standard InChI is InChI=1S/C16H22N2O2S.ClH/c1-11-15(17-7-8-20-11)16(19)18-10-14-13-5-3-2-4-12(13)6-9-21-14;/h2-5,11,14-15,17H,6-10H2,1H3,(H,18,19);1H/t11-,14?,15+;/m1./s1. The van der Waals surface area contributed by atoms with E-state index in [1.54, 1.807) is 0 Å². The summed E-state index contributed by atoms with van der Waals surface area (Å²) >= 11 is 1.93. The number of hydrogen-bond donors (Lipinski definition) is 2. The van der Waals surface area contributed by atoms with Crippen LogP contribution in [0, 0.1) is 0 Å². The van der Waals surface area contributed by atoms with Gasteiger partial charge < -0.3 is 15.4 Å². The molecule has 3 atom stereocenters. The van der Waals surface area contributed by atoms with E-state index in [0.717, 1.165) is 18.7 Å². The van der Waals surface area contributed by atoms with Gasteiger partial charge in [-0.1, -0.05) is 24.3 Å². The summed E-state index contributed by atoms with van der Waals surface area (Å²) in [6.07, 6.45) is 1.06. The van der Waals surface area contributed by atoms with Crippen molar-refractivity contribution in [1.29, 1.82) is 0 Å². The van der Waals surface area contributed by atoms with Crippen molar-refractivity contribution >= 4 is 30.1 Å². The Morgan fingerprint density at radius 1 is 1.45 bits per heavy atom. The van der Waals surface area contributed by atoms with E-state index >= 15 is 0 Å². The molecule has 0 aliphatic carbocycles. The number of halogens is 1. The summed E-state index contributed by atoms with van der Waals surface area (Å²) in [4.78, 5) is 12.3. The highest BCUT2D eigenvalue weighted by atomic mass is 35.5. The first-order valence-electron chi connectivity index (χ1n) is 7.58. The van der Waals surface area contributed by atoms with Crippen LogP contribution in [0.4, 0.5) is 0 Å². The minimum Gasteiger partial charge on any atom is -0.375 e. The van der Waals surface area contributed by atoms with E-state index < -0.39 is 0 Å². The summed E-state index contributed by atoms with van der Waals surface area (Å²) < 4.78 is 5.53. The first kappa shape index (κ1) is 17.6. The summed E-state index contributed by atoms with van der Waals surface area (Å²) in [5.41, 5.74) is 2.79. The fourth-order valence-electron chi connectivity index (χ4n) is 2.98. The summed E-state index contributed by atoms with van der Waals surface area (Å²) in [5.74, 6) is 1.17. The number of carbonyl (C=O) groups is 1. The molecule has 0 bridgehead atoms. The molecule has 1 fully saturated rings. The number of amides is 1. The van der Waals surface area contributed by atoms with Crippen LogP contribution in [0.5, 0.6) is 0 Å². The third-order valence-corrected chi connectivity index (χ3v) is 5.42. The van der Waals surface area contributed by atoms with Crippen LogP contribution in [0.1, 0.15) is 23.3 Å². The predicted molar refractivity (Wildman–Crippen MR) is 92.8 cm³/mol. The van der Waals surface area contributed by atoms with Gasteiger partial charge in [0.1, 0.15) is 6.04 Å². The van der Waals surface area contributed by atoms with E-state index in [4.69, 9.17) is 4.74 Å². The van der Waals surface area contributed by atoms with Gasteiger partial charge in [-0.3, -0.25) is 4.79 Å². The van der Waals surface area contributed by atoms with E-state index in [-0.39, 0.29) is 30.5 Å². The molecule has 4 nitrogen and oxygen atoms in total. The monoisotopic (exact) mass is 342 g/mol. The van der Waals surface area contributed by atoms with Gasteiger partial charge in [0.15, 0.2) is 0 Å². The first-order chi connectivity index (χ1) is 10.3. The smallest absolute Gasteiger partial charge is 0.239 e. The molecule has 0 radical (unpaired) electrons. The molecule has 1 amide bonds. The molecule has 0 saturated carbocycles. The van der Waals surface area contributed by atoms with Crippen LogP contribution in [0.25, 0.3) is 0 Å². The second kappa shape index (κ2) is 8.20. The number of benzene rings is 1. The van der Waals surface area contributed by atoms with Gasteiger partial charge in [0.2, 0.25) is 5.91 Å². The van der Waals surface area contributed by atoms with Gasteiger partial charge in [-0.05, 0) is 30.2 Å². The summed E-state index contributed by atoms with van der Waals surface area (Å²) in [5, 5.41) is 6.68. The topological polar surface area (TPSA) is 50.4 Å².